The maximum absolute atomic E-state index is 13.4. The lowest BCUT2D eigenvalue weighted by Gasteiger charge is -2.24. The second-order valence-corrected chi connectivity index (χ2v) is 8.37. The zero-order chi connectivity index (χ0) is 26.6. The Hall–Kier alpha value is -3.29. The van der Waals surface area contributed by atoms with Gasteiger partial charge in [-0.25, -0.2) is 4.79 Å². The molecule has 0 bridgehead atoms. The Morgan fingerprint density at radius 2 is 1.94 bits per heavy atom. The SMILES string of the molecule is COc1ccc(Br)c(C(=O)N(OC(=O)C(F)(F)F)c2ccc(OCCN)c(-c3c(Cl)cnn3C)c2)c1. The highest BCUT2D eigenvalue weighted by Gasteiger charge is 2.44. The van der Waals surface area contributed by atoms with Crippen molar-refractivity contribution in [2.75, 3.05) is 25.3 Å². The number of nitrogens with two attached hydrogens (primary N) is 1. The van der Waals surface area contributed by atoms with Crippen molar-refractivity contribution >= 4 is 45.1 Å². The molecule has 0 atom stereocenters. The number of halogens is 5. The van der Waals surface area contributed by atoms with Crippen molar-refractivity contribution in [3.05, 3.63) is 57.7 Å². The lowest BCUT2D eigenvalue weighted by molar-refractivity contribution is -0.199. The van der Waals surface area contributed by atoms with Crippen molar-refractivity contribution in [1.82, 2.24) is 9.78 Å². The van der Waals surface area contributed by atoms with E-state index in [-0.39, 0.29) is 56.0 Å². The van der Waals surface area contributed by atoms with E-state index in [2.05, 4.69) is 25.9 Å². The van der Waals surface area contributed by atoms with Gasteiger partial charge in [0.05, 0.1) is 35.3 Å². The number of anilines is 1. The van der Waals surface area contributed by atoms with E-state index in [1.807, 2.05) is 0 Å². The third kappa shape index (κ3) is 5.91. The van der Waals surface area contributed by atoms with E-state index in [1.54, 1.807) is 7.05 Å². The Labute approximate surface area is 216 Å². The topological polar surface area (TPSA) is 109 Å². The number of nitrogens with zero attached hydrogens (tertiary/aromatic N) is 3. The van der Waals surface area contributed by atoms with Crippen LogP contribution in [0.2, 0.25) is 5.02 Å². The first kappa shape index (κ1) is 27.3. The van der Waals surface area contributed by atoms with E-state index in [0.717, 1.165) is 0 Å². The molecule has 0 spiro atoms. The fourth-order valence-corrected chi connectivity index (χ4v) is 3.77. The van der Waals surface area contributed by atoms with E-state index in [0.29, 0.717) is 5.69 Å². The molecule has 1 amide bonds. The first-order valence-electron chi connectivity index (χ1n) is 10.1. The second kappa shape index (κ2) is 11.2. The molecule has 0 aliphatic rings. The van der Waals surface area contributed by atoms with Gasteiger partial charge >= 0.3 is 12.1 Å². The molecule has 3 rings (SSSR count). The third-order valence-electron chi connectivity index (χ3n) is 4.72. The van der Waals surface area contributed by atoms with Crippen LogP contribution in [0, 0.1) is 0 Å². The lowest BCUT2D eigenvalue weighted by atomic mass is 10.1. The summed E-state index contributed by atoms with van der Waals surface area (Å²) < 4.78 is 51.7. The average Bonchev–Trinajstić information content (AvgIpc) is 3.17. The number of alkyl halides is 3. The maximum Gasteiger partial charge on any atom is 0.493 e. The van der Waals surface area contributed by atoms with Crippen LogP contribution < -0.4 is 20.3 Å². The molecule has 0 radical (unpaired) electrons. The molecule has 0 fully saturated rings. The number of hydrogen-bond donors (Lipinski definition) is 1. The second-order valence-electron chi connectivity index (χ2n) is 7.10. The highest BCUT2D eigenvalue weighted by Crippen LogP contribution is 2.38. The van der Waals surface area contributed by atoms with E-state index >= 15 is 0 Å². The summed E-state index contributed by atoms with van der Waals surface area (Å²) in [4.78, 5) is 29.7. The molecule has 2 N–H and O–H groups in total. The number of benzene rings is 2. The maximum atomic E-state index is 13.4. The monoisotopic (exact) mass is 590 g/mol. The van der Waals surface area contributed by atoms with Crippen LogP contribution >= 0.6 is 27.5 Å². The van der Waals surface area contributed by atoms with E-state index in [9.17, 15) is 22.8 Å². The molecule has 14 heteroatoms. The van der Waals surface area contributed by atoms with Crippen LogP contribution in [0.5, 0.6) is 11.5 Å². The van der Waals surface area contributed by atoms with Crippen molar-refractivity contribution in [2.45, 2.75) is 6.18 Å². The van der Waals surface area contributed by atoms with Gasteiger partial charge in [-0.2, -0.15) is 18.3 Å². The minimum Gasteiger partial charge on any atom is -0.497 e. The Morgan fingerprint density at radius 1 is 1.22 bits per heavy atom. The normalized spacial score (nSPS) is 11.2. The number of ether oxygens (including phenoxy) is 2. The molecule has 0 unspecified atom stereocenters. The standard InChI is InChI=1S/C22H19BrClF3N4O5/c1-30-19(17(24)11-29-30)15-9-12(3-6-18(15)35-8-7-28)31(36-21(33)22(25,26)27)20(32)14-10-13(34-2)4-5-16(14)23/h3-6,9-11H,7-8,28H2,1-2H3. The van der Waals surface area contributed by atoms with Gasteiger partial charge in [0.15, 0.2) is 0 Å². The fourth-order valence-electron chi connectivity index (χ4n) is 3.09. The number of carbonyl (C=O) groups is 2. The van der Waals surface area contributed by atoms with Crippen LogP contribution in [0.25, 0.3) is 11.3 Å². The number of methoxy groups -OCH3 is 1. The summed E-state index contributed by atoms with van der Waals surface area (Å²) in [5, 5.41) is 4.49. The lowest BCUT2D eigenvalue weighted by Crippen LogP contribution is -2.39. The van der Waals surface area contributed by atoms with Crippen LogP contribution in [0.3, 0.4) is 0 Å². The Bertz CT molecular complexity index is 1270. The van der Waals surface area contributed by atoms with Crippen molar-refractivity contribution < 1.29 is 37.1 Å². The molecule has 192 valence electrons. The van der Waals surface area contributed by atoms with Crippen molar-refractivity contribution in [3.63, 3.8) is 0 Å². The summed E-state index contributed by atoms with van der Waals surface area (Å²) in [7, 11) is 2.93. The van der Waals surface area contributed by atoms with Gasteiger partial charge in [0.2, 0.25) is 0 Å². The number of carbonyl (C=O) groups excluding carboxylic acids is 2. The largest absolute Gasteiger partial charge is 0.497 e. The molecule has 0 saturated heterocycles. The Morgan fingerprint density at radius 3 is 2.53 bits per heavy atom. The molecule has 36 heavy (non-hydrogen) atoms. The number of hydroxylamine groups is 1. The van der Waals surface area contributed by atoms with Gasteiger partial charge in [0.1, 0.15) is 18.1 Å². The number of rotatable bonds is 7. The molecule has 9 nitrogen and oxygen atoms in total. The Balaban J connectivity index is 2.19. The van der Waals surface area contributed by atoms with Gasteiger partial charge in [0, 0.05) is 23.6 Å². The molecule has 1 heterocycles. The summed E-state index contributed by atoms with van der Waals surface area (Å²) in [5.74, 6) is -3.18. The van der Waals surface area contributed by atoms with Crippen LogP contribution in [0.1, 0.15) is 10.4 Å². The molecule has 0 aliphatic heterocycles. The zero-order valence-corrected chi connectivity index (χ0v) is 21.1. The quantitative estimate of drug-likeness (QED) is 0.403. The number of amides is 1. The van der Waals surface area contributed by atoms with E-state index in [1.165, 1.54) is 54.4 Å². The molecule has 1 aromatic heterocycles. The van der Waals surface area contributed by atoms with E-state index in [4.69, 9.17) is 26.8 Å². The minimum absolute atomic E-state index is 0.115. The van der Waals surface area contributed by atoms with Gasteiger partial charge < -0.3 is 20.0 Å². The molecular formula is C22H19BrClF3N4O5. The summed E-state index contributed by atoms with van der Waals surface area (Å²) in [5.41, 5.74) is 5.76. The molecule has 0 aliphatic carbocycles. The summed E-state index contributed by atoms with van der Waals surface area (Å²) in [6.07, 6.45) is -4.02. The first-order chi connectivity index (χ1) is 17.0. The van der Waals surface area contributed by atoms with Gasteiger partial charge in [-0.05, 0) is 52.3 Å². The fraction of sp³-hybridized carbons (Fsp3) is 0.227. The third-order valence-corrected chi connectivity index (χ3v) is 5.68. The number of aromatic nitrogens is 2. The van der Waals surface area contributed by atoms with Crippen LogP contribution in [-0.2, 0) is 16.7 Å². The number of aryl methyl sites for hydroxylation is 1. The predicted octanol–water partition coefficient (Wildman–Crippen LogP) is 4.52. The first-order valence-corrected chi connectivity index (χ1v) is 11.3. The van der Waals surface area contributed by atoms with Crippen LogP contribution in [0.4, 0.5) is 18.9 Å². The zero-order valence-electron chi connectivity index (χ0n) is 18.8. The van der Waals surface area contributed by atoms with Crippen molar-refractivity contribution in [2.24, 2.45) is 12.8 Å². The summed E-state index contributed by atoms with van der Waals surface area (Å²) in [6.45, 7) is 0.294. The van der Waals surface area contributed by atoms with Gasteiger partial charge in [-0.3, -0.25) is 9.48 Å². The van der Waals surface area contributed by atoms with Crippen molar-refractivity contribution in [3.8, 4) is 22.8 Å². The number of hydrogen-bond acceptors (Lipinski definition) is 7. The Kier molecular flexibility index (Phi) is 8.48. The van der Waals surface area contributed by atoms with Crippen LogP contribution in [-0.4, -0.2) is 48.1 Å². The predicted molar refractivity (Wildman–Crippen MR) is 128 cm³/mol. The van der Waals surface area contributed by atoms with E-state index < -0.39 is 18.1 Å². The van der Waals surface area contributed by atoms with Gasteiger partial charge in [-0.1, -0.05) is 11.6 Å². The average molecular weight is 592 g/mol. The molecule has 0 saturated carbocycles. The highest BCUT2D eigenvalue weighted by atomic mass is 79.9. The molecule has 2 aromatic carbocycles. The smallest absolute Gasteiger partial charge is 0.493 e. The van der Waals surface area contributed by atoms with Crippen molar-refractivity contribution in [1.29, 1.82) is 0 Å². The van der Waals surface area contributed by atoms with Gasteiger partial charge in [-0.15, -0.1) is 5.06 Å². The van der Waals surface area contributed by atoms with Gasteiger partial charge in [0.25, 0.3) is 5.91 Å². The summed E-state index contributed by atoms with van der Waals surface area (Å²) in [6, 6.07) is 8.17. The van der Waals surface area contributed by atoms with Crippen LogP contribution in [0.15, 0.2) is 47.1 Å². The highest BCUT2D eigenvalue weighted by molar-refractivity contribution is 9.10. The summed E-state index contributed by atoms with van der Waals surface area (Å²) >= 11 is 9.46. The molecular weight excluding hydrogens is 573 g/mol. The minimum atomic E-state index is -5.37. The molecule has 3 aromatic rings.